The van der Waals surface area contributed by atoms with Gasteiger partial charge in [-0.15, -0.1) is 0 Å². The molecule has 1 aliphatic carbocycles. The molecule has 0 saturated heterocycles. The first-order chi connectivity index (χ1) is 10.9. The third-order valence-corrected chi connectivity index (χ3v) is 6.10. The quantitative estimate of drug-likeness (QED) is 0.514. The first-order valence-corrected chi connectivity index (χ1v) is 9.73. The molecule has 1 unspecified atom stereocenters. The van der Waals surface area contributed by atoms with Crippen molar-refractivity contribution < 1.29 is 13.2 Å². The van der Waals surface area contributed by atoms with Gasteiger partial charge in [0.1, 0.15) is 0 Å². The van der Waals surface area contributed by atoms with E-state index in [4.69, 9.17) is 0 Å². The lowest BCUT2D eigenvalue weighted by atomic mass is 10.1. The topological polar surface area (TPSA) is 3.24 Å². The van der Waals surface area contributed by atoms with Crippen molar-refractivity contribution in [1.29, 1.82) is 0 Å². The second-order valence-corrected chi connectivity index (χ2v) is 7.84. The van der Waals surface area contributed by atoms with E-state index in [2.05, 4.69) is 24.0 Å². The van der Waals surface area contributed by atoms with E-state index >= 15 is 0 Å². The number of rotatable bonds is 8. The van der Waals surface area contributed by atoms with Crippen LogP contribution in [0.1, 0.15) is 57.9 Å². The molecule has 0 aliphatic heterocycles. The second kappa shape index (κ2) is 7.84. The van der Waals surface area contributed by atoms with Gasteiger partial charge in [0.15, 0.2) is 0 Å². The summed E-state index contributed by atoms with van der Waals surface area (Å²) < 4.78 is 41.3. The molecule has 2 rings (SSSR count). The molecule has 130 valence electrons. The summed E-state index contributed by atoms with van der Waals surface area (Å²) in [5.41, 5.74) is -0.575. The van der Waals surface area contributed by atoms with E-state index in [1.807, 2.05) is 0 Å². The van der Waals surface area contributed by atoms with Gasteiger partial charge in [0, 0.05) is 17.0 Å². The minimum atomic E-state index is -4.29. The van der Waals surface area contributed by atoms with Crippen LogP contribution in [-0.2, 0) is 6.18 Å². The molecule has 1 nitrogen and oxygen atoms in total. The van der Waals surface area contributed by atoms with Crippen LogP contribution < -0.4 is 0 Å². The molecule has 0 N–H and O–H groups in total. The van der Waals surface area contributed by atoms with Gasteiger partial charge in [-0.25, -0.2) is 4.31 Å². The van der Waals surface area contributed by atoms with Gasteiger partial charge in [-0.05, 0) is 43.9 Å². The Morgan fingerprint density at radius 1 is 1.22 bits per heavy atom. The molecule has 5 heteroatoms. The summed E-state index contributed by atoms with van der Waals surface area (Å²) in [6.07, 6.45) is 2.34. The van der Waals surface area contributed by atoms with Crippen LogP contribution in [0.3, 0.4) is 0 Å². The highest BCUT2D eigenvalue weighted by molar-refractivity contribution is 8.12. The monoisotopic (exact) mass is 345 g/mol. The zero-order chi connectivity index (χ0) is 17.0. The summed E-state index contributed by atoms with van der Waals surface area (Å²) >= 11 is 0. The van der Waals surface area contributed by atoms with E-state index in [1.165, 1.54) is 12.1 Å². The van der Waals surface area contributed by atoms with E-state index in [0.717, 1.165) is 44.6 Å². The van der Waals surface area contributed by atoms with Crippen molar-refractivity contribution in [2.45, 2.75) is 75.5 Å². The highest BCUT2D eigenvalue weighted by atomic mass is 32.2. The molecule has 0 amide bonds. The zero-order valence-electron chi connectivity index (χ0n) is 13.9. The van der Waals surface area contributed by atoms with Crippen molar-refractivity contribution in [3.05, 3.63) is 29.8 Å². The van der Waals surface area contributed by atoms with E-state index in [-0.39, 0.29) is 0 Å². The van der Waals surface area contributed by atoms with Gasteiger partial charge in [-0.1, -0.05) is 49.3 Å². The van der Waals surface area contributed by atoms with Crippen LogP contribution in [0, 0.1) is 0 Å². The molecule has 1 saturated carbocycles. The third kappa shape index (κ3) is 4.83. The average molecular weight is 345 g/mol. The van der Waals surface area contributed by atoms with Crippen LogP contribution in [0.15, 0.2) is 29.2 Å². The molecule has 1 aromatic rings. The minimum Gasteiger partial charge on any atom is -0.246 e. The summed E-state index contributed by atoms with van der Waals surface area (Å²) in [7, 11) is -0.534. The lowest BCUT2D eigenvalue weighted by molar-refractivity contribution is -0.137. The van der Waals surface area contributed by atoms with E-state index in [0.29, 0.717) is 17.0 Å². The second-order valence-electron chi connectivity index (χ2n) is 6.21. The summed E-state index contributed by atoms with van der Waals surface area (Å²) in [6.45, 7) is 4.33. The Kier molecular flexibility index (Phi) is 6.32. The van der Waals surface area contributed by atoms with Crippen LogP contribution in [0.5, 0.6) is 0 Å². The number of hydrogen-bond donors (Lipinski definition) is 0. The largest absolute Gasteiger partial charge is 0.416 e. The molecule has 0 radical (unpaired) electrons. The van der Waals surface area contributed by atoms with E-state index in [9.17, 15) is 13.2 Å². The lowest BCUT2D eigenvalue weighted by Gasteiger charge is -2.34. The van der Waals surface area contributed by atoms with Crippen LogP contribution >= 0.6 is 10.7 Å². The normalized spacial score (nSPS) is 17.0. The van der Waals surface area contributed by atoms with Crippen molar-refractivity contribution in [3.8, 4) is 0 Å². The Hall–Kier alpha value is -0.810. The maximum absolute atomic E-state index is 13.0. The highest BCUT2D eigenvalue weighted by Crippen LogP contribution is 2.44. The molecule has 1 aromatic carbocycles. The van der Waals surface area contributed by atoms with Crippen LogP contribution in [-0.4, -0.2) is 22.3 Å². The maximum Gasteiger partial charge on any atom is 0.416 e. The molecule has 23 heavy (non-hydrogen) atoms. The molecule has 0 aromatic heterocycles. The van der Waals surface area contributed by atoms with Crippen LogP contribution in [0.2, 0.25) is 0 Å². The summed E-state index contributed by atoms with van der Waals surface area (Å²) in [5.74, 6) is 4.26. The Labute approximate surface area is 139 Å². The van der Waals surface area contributed by atoms with Crippen molar-refractivity contribution in [3.63, 3.8) is 0 Å². The molecule has 0 bridgehead atoms. The fourth-order valence-corrected chi connectivity index (χ4v) is 4.88. The smallest absolute Gasteiger partial charge is 0.246 e. The standard InChI is InChI=1S/C18H26F3NS/c1-4-7-15(8-5-2)22(16-11-12-16)23(3)17-10-6-9-14(13-17)18(19,20)21/h6,9-10,13,15-16H,3-5,7-8,11-12H2,1-2H3. The first-order valence-electron chi connectivity index (χ1n) is 8.38. The first kappa shape index (κ1) is 18.5. The SMILES string of the molecule is C=S(c1cccc(C(F)(F)F)c1)N(C(CCC)CCC)C1CC1. The van der Waals surface area contributed by atoms with Crippen LogP contribution in [0.25, 0.3) is 0 Å². The van der Waals surface area contributed by atoms with Crippen molar-refractivity contribution in [2.75, 3.05) is 0 Å². The predicted octanol–water partition coefficient (Wildman–Crippen LogP) is 6.11. The molecule has 1 aliphatic rings. The predicted molar refractivity (Wildman–Crippen MR) is 92.9 cm³/mol. The zero-order valence-corrected chi connectivity index (χ0v) is 14.7. The number of halogens is 3. The molecule has 1 atom stereocenters. The summed E-state index contributed by atoms with van der Waals surface area (Å²) in [4.78, 5) is 0.698. The van der Waals surface area contributed by atoms with Gasteiger partial charge in [-0.2, -0.15) is 13.2 Å². The average Bonchev–Trinajstić information content (AvgIpc) is 3.32. The van der Waals surface area contributed by atoms with E-state index in [1.54, 1.807) is 6.07 Å². The number of alkyl halides is 3. The van der Waals surface area contributed by atoms with Crippen molar-refractivity contribution in [2.24, 2.45) is 0 Å². The molecule has 0 heterocycles. The van der Waals surface area contributed by atoms with Crippen LogP contribution in [0.4, 0.5) is 13.2 Å². The lowest BCUT2D eigenvalue weighted by Crippen LogP contribution is -2.32. The Morgan fingerprint density at radius 2 is 1.83 bits per heavy atom. The molecular formula is C18H26F3NS. The Bertz CT molecular complexity index is 531. The van der Waals surface area contributed by atoms with Gasteiger partial charge in [0.2, 0.25) is 0 Å². The number of benzene rings is 1. The summed E-state index contributed by atoms with van der Waals surface area (Å²) in [5, 5.41) is 0. The maximum atomic E-state index is 13.0. The Morgan fingerprint density at radius 3 is 2.30 bits per heavy atom. The van der Waals surface area contributed by atoms with Gasteiger partial charge < -0.3 is 0 Å². The van der Waals surface area contributed by atoms with Gasteiger partial charge >= 0.3 is 6.18 Å². The molecular weight excluding hydrogens is 319 g/mol. The molecule has 1 fully saturated rings. The van der Waals surface area contributed by atoms with E-state index < -0.39 is 22.4 Å². The fourth-order valence-electron chi connectivity index (χ4n) is 2.99. The third-order valence-electron chi connectivity index (χ3n) is 4.20. The minimum absolute atomic E-state index is 0.424. The fraction of sp³-hybridized carbons (Fsp3) is 0.611. The Balaban J connectivity index is 2.27. The number of hydrogen-bond acceptors (Lipinski definition) is 1. The van der Waals surface area contributed by atoms with Gasteiger partial charge in [-0.3, -0.25) is 0 Å². The van der Waals surface area contributed by atoms with Crippen molar-refractivity contribution >= 4 is 16.5 Å². The highest BCUT2D eigenvalue weighted by Gasteiger charge is 2.36. The molecule has 0 spiro atoms. The van der Waals surface area contributed by atoms with Crippen molar-refractivity contribution in [1.82, 2.24) is 4.31 Å². The van der Waals surface area contributed by atoms with Gasteiger partial charge in [0.05, 0.1) is 5.56 Å². The van der Waals surface area contributed by atoms with Gasteiger partial charge in [0.25, 0.3) is 0 Å². The number of nitrogens with zero attached hydrogens (tertiary/aromatic N) is 1. The summed E-state index contributed by atoms with van der Waals surface area (Å²) in [6, 6.07) is 6.62.